The Morgan fingerprint density at radius 3 is 2.33 bits per heavy atom. The zero-order valence-corrected chi connectivity index (χ0v) is 14.3. The monoisotopic (exact) mass is 346 g/mol. The summed E-state index contributed by atoms with van der Waals surface area (Å²) in [6, 6.07) is 12.1. The van der Waals surface area contributed by atoms with Crippen LogP contribution < -0.4 is 0 Å². The van der Waals surface area contributed by atoms with Crippen LogP contribution in [0.15, 0.2) is 42.6 Å². The van der Waals surface area contributed by atoms with Crippen molar-refractivity contribution in [3.05, 3.63) is 53.9 Å². The fourth-order valence-electron chi connectivity index (χ4n) is 3.86. The highest BCUT2D eigenvalue weighted by molar-refractivity contribution is 7.86. The maximum atomic E-state index is 13.0. The highest BCUT2D eigenvalue weighted by Gasteiger charge is 2.43. The van der Waals surface area contributed by atoms with Crippen LogP contribution in [-0.4, -0.2) is 53.4 Å². The molecule has 128 valence electrons. The van der Waals surface area contributed by atoms with E-state index in [1.54, 1.807) is 14.8 Å². The Hall–Kier alpha value is -1.70. The van der Waals surface area contributed by atoms with E-state index in [1.165, 1.54) is 5.56 Å². The summed E-state index contributed by atoms with van der Waals surface area (Å²) < 4.78 is 29.2. The van der Waals surface area contributed by atoms with Crippen LogP contribution in [0.3, 0.4) is 0 Å². The molecule has 0 bridgehead atoms. The fraction of sp³-hybridized carbons (Fsp3) is 0.471. The lowest BCUT2D eigenvalue weighted by atomic mass is 9.87. The molecule has 0 radical (unpaired) electrons. The van der Waals surface area contributed by atoms with Gasteiger partial charge < -0.3 is 0 Å². The molecular formula is C17H22N4O2S. The van der Waals surface area contributed by atoms with Gasteiger partial charge >= 0.3 is 0 Å². The first-order chi connectivity index (χ1) is 11.7. The summed E-state index contributed by atoms with van der Waals surface area (Å²) >= 11 is 0. The van der Waals surface area contributed by atoms with E-state index < -0.39 is 10.2 Å². The average molecular weight is 346 g/mol. The number of benzene rings is 1. The summed E-state index contributed by atoms with van der Waals surface area (Å²) in [6.45, 7) is 2.31. The van der Waals surface area contributed by atoms with Crippen LogP contribution in [0.4, 0.5) is 0 Å². The first-order valence-electron chi connectivity index (χ1n) is 8.46. The SMILES string of the molecule is O=S(=O)(N1CCCC1)N1C[C@@H](c2ccccc2)[C@H](c2ccn[nH]2)C1. The summed E-state index contributed by atoms with van der Waals surface area (Å²) in [7, 11) is -3.37. The Bertz CT molecular complexity index is 770. The van der Waals surface area contributed by atoms with Crippen molar-refractivity contribution in [3.63, 3.8) is 0 Å². The van der Waals surface area contributed by atoms with E-state index in [0.29, 0.717) is 26.2 Å². The zero-order valence-electron chi connectivity index (χ0n) is 13.5. The number of nitrogens with zero attached hydrogens (tertiary/aromatic N) is 3. The molecule has 4 rings (SSSR count). The summed E-state index contributed by atoms with van der Waals surface area (Å²) in [5.74, 6) is 0.247. The third-order valence-electron chi connectivity index (χ3n) is 5.15. The molecule has 0 amide bonds. The normalized spacial score (nSPS) is 26.2. The van der Waals surface area contributed by atoms with Gasteiger partial charge in [-0.2, -0.15) is 22.1 Å². The predicted octanol–water partition coefficient (Wildman–Crippen LogP) is 1.93. The van der Waals surface area contributed by atoms with Crippen molar-refractivity contribution in [1.29, 1.82) is 0 Å². The first-order valence-corrected chi connectivity index (χ1v) is 9.85. The topological polar surface area (TPSA) is 69.3 Å². The molecule has 0 aliphatic carbocycles. The highest BCUT2D eigenvalue weighted by atomic mass is 32.2. The van der Waals surface area contributed by atoms with Crippen molar-refractivity contribution < 1.29 is 8.42 Å². The third kappa shape index (κ3) is 2.76. The number of H-pyrrole nitrogens is 1. The lowest BCUT2D eigenvalue weighted by Crippen LogP contribution is -2.41. The molecule has 2 saturated heterocycles. The lowest BCUT2D eigenvalue weighted by molar-refractivity contribution is 0.394. The standard InChI is InChI=1S/C17H22N4O2S/c22-24(23,20-10-4-5-11-20)21-12-15(14-6-2-1-3-7-14)16(13-21)17-8-9-18-19-17/h1-3,6-9,15-16H,4-5,10-13H2,(H,18,19)/t15-,16+/m0/s1. The van der Waals surface area contributed by atoms with E-state index in [1.807, 2.05) is 24.3 Å². The predicted molar refractivity (Wildman–Crippen MR) is 91.8 cm³/mol. The van der Waals surface area contributed by atoms with Gasteiger partial charge in [0.2, 0.25) is 0 Å². The first kappa shape index (κ1) is 15.8. The second kappa shape index (κ2) is 6.31. The van der Waals surface area contributed by atoms with E-state index in [0.717, 1.165) is 18.5 Å². The summed E-state index contributed by atoms with van der Waals surface area (Å²) in [5.41, 5.74) is 2.18. The molecule has 1 aromatic carbocycles. The van der Waals surface area contributed by atoms with Crippen molar-refractivity contribution in [2.24, 2.45) is 0 Å². The van der Waals surface area contributed by atoms with E-state index in [2.05, 4.69) is 22.3 Å². The van der Waals surface area contributed by atoms with Crippen LogP contribution in [0.5, 0.6) is 0 Å². The van der Waals surface area contributed by atoms with Gasteiger partial charge in [-0.15, -0.1) is 0 Å². The van der Waals surface area contributed by atoms with Gasteiger partial charge in [-0.25, -0.2) is 0 Å². The smallest absolute Gasteiger partial charge is 0.282 e. The van der Waals surface area contributed by atoms with Crippen molar-refractivity contribution in [1.82, 2.24) is 18.8 Å². The van der Waals surface area contributed by atoms with Gasteiger partial charge in [-0.1, -0.05) is 30.3 Å². The molecule has 2 aromatic rings. The van der Waals surface area contributed by atoms with Crippen LogP contribution >= 0.6 is 0 Å². The van der Waals surface area contributed by atoms with Gasteiger partial charge in [0.05, 0.1) is 0 Å². The molecule has 1 aromatic heterocycles. The number of nitrogens with one attached hydrogen (secondary N) is 1. The van der Waals surface area contributed by atoms with Crippen molar-refractivity contribution in [3.8, 4) is 0 Å². The molecule has 0 spiro atoms. The summed E-state index contributed by atoms with van der Waals surface area (Å²) in [5, 5.41) is 7.09. The van der Waals surface area contributed by atoms with Crippen LogP contribution in [0.25, 0.3) is 0 Å². The van der Waals surface area contributed by atoms with Crippen LogP contribution in [0.1, 0.15) is 35.9 Å². The fourth-order valence-corrected chi connectivity index (χ4v) is 5.61. The number of rotatable bonds is 4. The minimum absolute atomic E-state index is 0.104. The maximum absolute atomic E-state index is 13.0. The van der Waals surface area contributed by atoms with Crippen LogP contribution in [0, 0.1) is 0 Å². The number of hydrogen-bond donors (Lipinski definition) is 1. The number of hydrogen-bond acceptors (Lipinski definition) is 3. The van der Waals surface area contributed by atoms with Gasteiger partial charge in [0.25, 0.3) is 10.2 Å². The van der Waals surface area contributed by atoms with E-state index >= 15 is 0 Å². The average Bonchev–Trinajstić information content (AvgIpc) is 3.35. The molecule has 2 aliphatic heterocycles. The molecule has 0 unspecified atom stereocenters. The lowest BCUT2D eigenvalue weighted by Gasteiger charge is -2.23. The maximum Gasteiger partial charge on any atom is 0.282 e. The van der Waals surface area contributed by atoms with E-state index in [9.17, 15) is 8.42 Å². The molecule has 6 nitrogen and oxygen atoms in total. The molecule has 3 heterocycles. The molecule has 2 aliphatic rings. The van der Waals surface area contributed by atoms with E-state index in [-0.39, 0.29) is 11.8 Å². The molecule has 0 saturated carbocycles. The molecule has 7 heteroatoms. The highest BCUT2D eigenvalue weighted by Crippen LogP contribution is 2.40. The Labute approximate surface area is 142 Å². The number of aromatic amines is 1. The largest absolute Gasteiger partial charge is 0.282 e. The van der Waals surface area contributed by atoms with Gasteiger partial charge in [0.1, 0.15) is 0 Å². The number of aromatic nitrogens is 2. The molecule has 1 N–H and O–H groups in total. The third-order valence-corrected chi connectivity index (χ3v) is 7.12. The second-order valence-electron chi connectivity index (χ2n) is 6.57. The van der Waals surface area contributed by atoms with E-state index in [4.69, 9.17) is 0 Å². The Balaban J connectivity index is 1.65. The molecule has 2 fully saturated rings. The van der Waals surface area contributed by atoms with Crippen molar-refractivity contribution >= 4 is 10.2 Å². The minimum atomic E-state index is -3.37. The Morgan fingerprint density at radius 2 is 1.67 bits per heavy atom. The molecule has 2 atom stereocenters. The van der Waals surface area contributed by atoms with Gasteiger partial charge in [-0.05, 0) is 24.5 Å². The van der Waals surface area contributed by atoms with Crippen LogP contribution in [-0.2, 0) is 10.2 Å². The second-order valence-corrected chi connectivity index (χ2v) is 8.50. The minimum Gasteiger partial charge on any atom is -0.282 e. The Morgan fingerprint density at radius 1 is 0.958 bits per heavy atom. The van der Waals surface area contributed by atoms with Gasteiger partial charge in [0, 0.05) is 49.9 Å². The summed E-state index contributed by atoms with van der Waals surface area (Å²) in [4.78, 5) is 0. The molecule has 24 heavy (non-hydrogen) atoms. The van der Waals surface area contributed by atoms with Gasteiger partial charge in [0.15, 0.2) is 0 Å². The van der Waals surface area contributed by atoms with Crippen molar-refractivity contribution in [2.75, 3.05) is 26.2 Å². The zero-order chi connectivity index (χ0) is 16.6. The summed E-state index contributed by atoms with van der Waals surface area (Å²) in [6.07, 6.45) is 3.65. The van der Waals surface area contributed by atoms with Crippen molar-refractivity contribution in [2.45, 2.75) is 24.7 Å². The Kier molecular flexibility index (Phi) is 4.15. The quantitative estimate of drug-likeness (QED) is 0.920. The molecular weight excluding hydrogens is 324 g/mol. The van der Waals surface area contributed by atoms with Gasteiger partial charge in [-0.3, -0.25) is 5.10 Å². The van der Waals surface area contributed by atoms with Crippen LogP contribution in [0.2, 0.25) is 0 Å².